The first kappa shape index (κ1) is 13.8. The predicted molar refractivity (Wildman–Crippen MR) is 81.2 cm³/mol. The zero-order valence-corrected chi connectivity index (χ0v) is 12.8. The van der Waals surface area contributed by atoms with E-state index in [1.807, 2.05) is 0 Å². The summed E-state index contributed by atoms with van der Waals surface area (Å²) in [5.41, 5.74) is 3.81. The Morgan fingerprint density at radius 3 is 2.90 bits per heavy atom. The lowest BCUT2D eigenvalue weighted by Crippen LogP contribution is -2.45. The van der Waals surface area contributed by atoms with Gasteiger partial charge in [0.2, 0.25) is 0 Å². The zero-order chi connectivity index (χ0) is 14.1. The molecule has 1 aliphatic carbocycles. The van der Waals surface area contributed by atoms with Gasteiger partial charge in [-0.05, 0) is 45.2 Å². The van der Waals surface area contributed by atoms with Crippen molar-refractivity contribution in [3.8, 4) is 0 Å². The van der Waals surface area contributed by atoms with Gasteiger partial charge in [0.05, 0.1) is 19.3 Å². The van der Waals surface area contributed by atoms with Crippen LogP contribution >= 0.6 is 0 Å². The Labute approximate surface area is 121 Å². The smallest absolute Gasteiger partial charge is 0.134 e. The first-order valence-electron chi connectivity index (χ1n) is 7.70. The van der Waals surface area contributed by atoms with E-state index < -0.39 is 0 Å². The van der Waals surface area contributed by atoms with Gasteiger partial charge in [-0.25, -0.2) is 4.98 Å². The molecule has 2 fully saturated rings. The quantitative estimate of drug-likeness (QED) is 0.914. The molecule has 0 radical (unpaired) electrons. The molecule has 1 saturated heterocycles. The highest BCUT2D eigenvalue weighted by atomic mass is 16.5. The number of morpholine rings is 1. The van der Waals surface area contributed by atoms with E-state index in [0.717, 1.165) is 43.9 Å². The molecule has 2 heterocycles. The lowest BCUT2D eigenvalue weighted by Gasteiger charge is -2.36. The van der Waals surface area contributed by atoms with Crippen LogP contribution in [0.15, 0.2) is 6.07 Å². The SMILES string of the molecule is Cc1cc(C)c(CNC2CC2)c(N2CCOCC2C)n1. The molecular formula is C16H25N3O. The number of anilines is 1. The number of nitrogens with one attached hydrogen (secondary N) is 1. The molecule has 3 rings (SSSR count). The number of rotatable bonds is 4. The molecule has 110 valence electrons. The van der Waals surface area contributed by atoms with E-state index in [9.17, 15) is 0 Å². The Balaban J connectivity index is 1.89. The van der Waals surface area contributed by atoms with Gasteiger partial charge in [-0.1, -0.05) is 0 Å². The van der Waals surface area contributed by atoms with Crippen LogP contribution in [0.2, 0.25) is 0 Å². The standard InChI is InChI=1S/C16H25N3O/c1-11-8-12(2)18-16(15(11)9-17-14-4-5-14)19-6-7-20-10-13(19)3/h8,13-14,17H,4-7,9-10H2,1-3H3. The maximum atomic E-state index is 5.56. The number of aromatic nitrogens is 1. The normalized spacial score (nSPS) is 23.1. The monoisotopic (exact) mass is 275 g/mol. The molecular weight excluding hydrogens is 250 g/mol. The van der Waals surface area contributed by atoms with Crippen LogP contribution < -0.4 is 10.2 Å². The van der Waals surface area contributed by atoms with Crippen LogP contribution in [0.5, 0.6) is 0 Å². The maximum absolute atomic E-state index is 5.56. The zero-order valence-electron chi connectivity index (χ0n) is 12.8. The molecule has 1 atom stereocenters. The summed E-state index contributed by atoms with van der Waals surface area (Å²) in [6.45, 7) is 9.97. The van der Waals surface area contributed by atoms with Crippen LogP contribution in [0.3, 0.4) is 0 Å². The number of pyridine rings is 1. The van der Waals surface area contributed by atoms with Gasteiger partial charge in [-0.2, -0.15) is 0 Å². The Morgan fingerprint density at radius 1 is 1.40 bits per heavy atom. The van der Waals surface area contributed by atoms with E-state index in [0.29, 0.717) is 6.04 Å². The topological polar surface area (TPSA) is 37.4 Å². The summed E-state index contributed by atoms with van der Waals surface area (Å²) in [5.74, 6) is 1.16. The third-order valence-electron chi connectivity index (χ3n) is 4.24. The van der Waals surface area contributed by atoms with Gasteiger partial charge >= 0.3 is 0 Å². The summed E-state index contributed by atoms with van der Waals surface area (Å²) in [6.07, 6.45) is 2.64. The minimum absolute atomic E-state index is 0.400. The molecule has 1 aromatic heterocycles. The van der Waals surface area contributed by atoms with E-state index in [1.54, 1.807) is 0 Å². The van der Waals surface area contributed by atoms with Gasteiger partial charge in [0.1, 0.15) is 5.82 Å². The van der Waals surface area contributed by atoms with Crippen molar-refractivity contribution in [2.75, 3.05) is 24.7 Å². The summed E-state index contributed by atoms with van der Waals surface area (Å²) < 4.78 is 5.56. The highest BCUT2D eigenvalue weighted by Crippen LogP contribution is 2.27. The predicted octanol–water partition coefficient (Wildman–Crippen LogP) is 2.18. The lowest BCUT2D eigenvalue weighted by atomic mass is 10.1. The van der Waals surface area contributed by atoms with Crippen LogP contribution in [-0.2, 0) is 11.3 Å². The number of ether oxygens (including phenoxy) is 1. The van der Waals surface area contributed by atoms with E-state index >= 15 is 0 Å². The van der Waals surface area contributed by atoms with Crippen LogP contribution in [0.1, 0.15) is 36.6 Å². The molecule has 0 bridgehead atoms. The van der Waals surface area contributed by atoms with E-state index in [2.05, 4.69) is 37.1 Å². The van der Waals surface area contributed by atoms with E-state index in [4.69, 9.17) is 9.72 Å². The van der Waals surface area contributed by atoms with Gasteiger partial charge in [-0.3, -0.25) is 0 Å². The molecule has 1 aliphatic heterocycles. The number of nitrogens with zero attached hydrogens (tertiary/aromatic N) is 2. The number of hydrogen-bond acceptors (Lipinski definition) is 4. The fraction of sp³-hybridized carbons (Fsp3) is 0.688. The van der Waals surface area contributed by atoms with Gasteiger partial charge in [0.25, 0.3) is 0 Å². The number of hydrogen-bond donors (Lipinski definition) is 1. The Kier molecular flexibility index (Phi) is 3.94. The summed E-state index contributed by atoms with van der Waals surface area (Å²) in [7, 11) is 0. The second-order valence-electron chi connectivity index (χ2n) is 6.16. The molecule has 4 nitrogen and oxygen atoms in total. The van der Waals surface area contributed by atoms with Crippen LogP contribution in [0, 0.1) is 13.8 Å². The first-order valence-corrected chi connectivity index (χ1v) is 7.70. The third-order valence-corrected chi connectivity index (χ3v) is 4.24. The Bertz CT molecular complexity index is 485. The van der Waals surface area contributed by atoms with Crippen molar-refractivity contribution in [2.45, 2.75) is 52.2 Å². The summed E-state index contributed by atoms with van der Waals surface area (Å²) in [6, 6.07) is 3.32. The molecule has 2 aliphatic rings. The molecule has 1 aromatic rings. The van der Waals surface area contributed by atoms with E-state index in [1.165, 1.54) is 24.0 Å². The molecule has 4 heteroatoms. The van der Waals surface area contributed by atoms with Gasteiger partial charge in [0.15, 0.2) is 0 Å². The van der Waals surface area contributed by atoms with Gasteiger partial charge in [-0.15, -0.1) is 0 Å². The summed E-state index contributed by atoms with van der Waals surface area (Å²) >= 11 is 0. The van der Waals surface area contributed by atoms with Crippen LogP contribution in [0.25, 0.3) is 0 Å². The fourth-order valence-electron chi connectivity index (χ4n) is 2.88. The highest BCUT2D eigenvalue weighted by molar-refractivity contribution is 5.52. The molecule has 0 amide bonds. The van der Waals surface area contributed by atoms with Crippen molar-refractivity contribution in [3.05, 3.63) is 22.9 Å². The van der Waals surface area contributed by atoms with Crippen molar-refractivity contribution >= 4 is 5.82 Å². The van der Waals surface area contributed by atoms with Crippen molar-refractivity contribution in [3.63, 3.8) is 0 Å². The van der Waals surface area contributed by atoms with Gasteiger partial charge in [0, 0.05) is 30.4 Å². The van der Waals surface area contributed by atoms with E-state index in [-0.39, 0.29) is 0 Å². The minimum Gasteiger partial charge on any atom is -0.377 e. The fourth-order valence-corrected chi connectivity index (χ4v) is 2.88. The molecule has 0 aromatic carbocycles. The average Bonchev–Trinajstić information content (AvgIpc) is 3.21. The summed E-state index contributed by atoms with van der Waals surface area (Å²) in [5, 5.41) is 3.63. The number of aryl methyl sites for hydroxylation is 2. The van der Waals surface area contributed by atoms with Crippen molar-refractivity contribution < 1.29 is 4.74 Å². The average molecular weight is 275 g/mol. The molecule has 1 N–H and O–H groups in total. The second-order valence-corrected chi connectivity index (χ2v) is 6.16. The largest absolute Gasteiger partial charge is 0.377 e. The third kappa shape index (κ3) is 2.96. The molecule has 1 saturated carbocycles. The van der Waals surface area contributed by atoms with Crippen molar-refractivity contribution in [1.29, 1.82) is 0 Å². The molecule has 0 spiro atoms. The first-order chi connectivity index (χ1) is 9.65. The van der Waals surface area contributed by atoms with Crippen molar-refractivity contribution in [2.24, 2.45) is 0 Å². The second kappa shape index (κ2) is 5.70. The van der Waals surface area contributed by atoms with Gasteiger partial charge < -0.3 is 15.0 Å². The Hall–Kier alpha value is -1.13. The molecule has 20 heavy (non-hydrogen) atoms. The minimum atomic E-state index is 0.400. The lowest BCUT2D eigenvalue weighted by molar-refractivity contribution is 0.0984. The van der Waals surface area contributed by atoms with Crippen LogP contribution in [0.4, 0.5) is 5.82 Å². The highest BCUT2D eigenvalue weighted by Gasteiger charge is 2.25. The van der Waals surface area contributed by atoms with Crippen molar-refractivity contribution in [1.82, 2.24) is 10.3 Å². The maximum Gasteiger partial charge on any atom is 0.134 e. The van der Waals surface area contributed by atoms with Crippen LogP contribution in [-0.4, -0.2) is 36.8 Å². The Morgan fingerprint density at radius 2 is 2.20 bits per heavy atom. The molecule has 1 unspecified atom stereocenters. The summed E-state index contributed by atoms with van der Waals surface area (Å²) in [4.78, 5) is 7.25.